The van der Waals surface area contributed by atoms with Gasteiger partial charge in [-0.15, -0.1) is 11.8 Å². The van der Waals surface area contributed by atoms with Gasteiger partial charge in [0.25, 0.3) is 0 Å². The molecular weight excluding hydrogens is 288 g/mol. The molecule has 0 aliphatic carbocycles. The average molecular weight is 308 g/mol. The number of rotatable bonds is 4. The fraction of sp³-hybridized carbons (Fsp3) is 0.467. The second kappa shape index (κ2) is 6.85. The molecule has 2 N–H and O–H groups in total. The Hall–Kier alpha value is -1.69. The van der Waals surface area contributed by atoms with Gasteiger partial charge in [0.1, 0.15) is 6.04 Å². The van der Waals surface area contributed by atoms with Crippen molar-refractivity contribution in [3.63, 3.8) is 0 Å². The van der Waals surface area contributed by atoms with Gasteiger partial charge < -0.3 is 10.4 Å². The number of thioether (sulfide) groups is 1. The van der Waals surface area contributed by atoms with Crippen LogP contribution in [0.25, 0.3) is 0 Å². The first-order chi connectivity index (χ1) is 10.0. The van der Waals surface area contributed by atoms with Gasteiger partial charge in [-0.1, -0.05) is 25.5 Å². The van der Waals surface area contributed by atoms with Crippen LogP contribution in [0.4, 0.5) is 10.5 Å². The van der Waals surface area contributed by atoms with Crippen LogP contribution in [-0.2, 0) is 11.2 Å². The second-order valence-electron chi connectivity index (χ2n) is 5.07. The van der Waals surface area contributed by atoms with Crippen LogP contribution in [0.1, 0.15) is 25.8 Å². The molecule has 1 aliphatic heterocycles. The van der Waals surface area contributed by atoms with Crippen molar-refractivity contribution in [1.29, 1.82) is 0 Å². The summed E-state index contributed by atoms with van der Waals surface area (Å²) in [4.78, 5) is 24.9. The molecule has 1 heterocycles. The van der Waals surface area contributed by atoms with Crippen molar-refractivity contribution in [2.75, 3.05) is 11.1 Å². The molecule has 2 amide bonds. The van der Waals surface area contributed by atoms with Crippen molar-refractivity contribution in [1.82, 2.24) is 4.90 Å². The lowest BCUT2D eigenvalue weighted by molar-refractivity contribution is -0.141. The van der Waals surface area contributed by atoms with Crippen LogP contribution in [0, 0.1) is 0 Å². The van der Waals surface area contributed by atoms with Crippen LogP contribution in [0.2, 0.25) is 0 Å². The highest BCUT2D eigenvalue weighted by Gasteiger charge is 2.39. The summed E-state index contributed by atoms with van der Waals surface area (Å²) < 4.78 is 0. The second-order valence-corrected chi connectivity index (χ2v) is 6.42. The van der Waals surface area contributed by atoms with Gasteiger partial charge in [-0.05, 0) is 31.0 Å². The topological polar surface area (TPSA) is 69.6 Å². The normalized spacial score (nSPS) is 21.3. The first-order valence-corrected chi connectivity index (χ1v) is 8.10. The van der Waals surface area contributed by atoms with Crippen molar-refractivity contribution < 1.29 is 14.7 Å². The molecular formula is C15H20N2O3S. The van der Waals surface area contributed by atoms with E-state index in [9.17, 15) is 14.7 Å². The van der Waals surface area contributed by atoms with Gasteiger partial charge in [-0.2, -0.15) is 0 Å². The van der Waals surface area contributed by atoms with E-state index in [1.807, 2.05) is 31.2 Å². The summed E-state index contributed by atoms with van der Waals surface area (Å²) in [6.45, 7) is 3.96. The van der Waals surface area contributed by atoms with Crippen LogP contribution in [0.5, 0.6) is 0 Å². The van der Waals surface area contributed by atoms with Crippen molar-refractivity contribution in [3.8, 4) is 0 Å². The molecule has 2 rings (SSSR count). The van der Waals surface area contributed by atoms with Gasteiger partial charge >= 0.3 is 12.0 Å². The van der Waals surface area contributed by atoms with E-state index in [-0.39, 0.29) is 11.4 Å². The number of amides is 2. The Kier molecular flexibility index (Phi) is 5.12. The highest BCUT2D eigenvalue weighted by atomic mass is 32.2. The standard InChI is InChI=1S/C15H20N2O3S/c1-3-4-11-5-7-12(8-6-11)16-15(20)17-10(2)21-9-13(17)14(18)19/h5-8,10,13H,3-4,9H2,1-2H3,(H,16,20)(H,18,19). The number of nitrogens with zero attached hydrogens (tertiary/aromatic N) is 1. The number of carboxylic acid groups (broad SMARTS) is 1. The molecule has 5 nitrogen and oxygen atoms in total. The highest BCUT2D eigenvalue weighted by Crippen LogP contribution is 2.29. The molecule has 114 valence electrons. The molecule has 0 spiro atoms. The summed E-state index contributed by atoms with van der Waals surface area (Å²) in [5, 5.41) is 11.8. The van der Waals surface area contributed by atoms with Crippen molar-refractivity contribution in [2.24, 2.45) is 0 Å². The maximum Gasteiger partial charge on any atom is 0.327 e. The molecule has 0 aromatic heterocycles. The molecule has 21 heavy (non-hydrogen) atoms. The van der Waals surface area contributed by atoms with Crippen molar-refractivity contribution in [3.05, 3.63) is 29.8 Å². The van der Waals surface area contributed by atoms with Crippen LogP contribution in [-0.4, -0.2) is 39.2 Å². The number of nitrogens with one attached hydrogen (secondary N) is 1. The van der Waals surface area contributed by atoms with Gasteiger partial charge in [0, 0.05) is 11.4 Å². The number of carbonyl (C=O) groups is 2. The maximum absolute atomic E-state index is 12.3. The van der Waals surface area contributed by atoms with E-state index in [4.69, 9.17) is 0 Å². The Bertz CT molecular complexity index is 518. The third kappa shape index (κ3) is 3.69. The smallest absolute Gasteiger partial charge is 0.327 e. The Labute approximate surface area is 128 Å². The van der Waals surface area contributed by atoms with E-state index in [2.05, 4.69) is 12.2 Å². The Morgan fingerprint density at radius 3 is 2.62 bits per heavy atom. The number of urea groups is 1. The molecule has 1 fully saturated rings. The molecule has 0 saturated carbocycles. The van der Waals surface area contributed by atoms with Crippen LogP contribution in [0.3, 0.4) is 0 Å². The number of hydrogen-bond donors (Lipinski definition) is 2. The predicted octanol–water partition coefficient (Wildman–Crippen LogP) is 3.02. The van der Waals surface area contributed by atoms with Gasteiger partial charge in [-0.25, -0.2) is 9.59 Å². The van der Waals surface area contributed by atoms with Crippen LogP contribution in [0.15, 0.2) is 24.3 Å². The minimum Gasteiger partial charge on any atom is -0.480 e. The van der Waals surface area contributed by atoms with E-state index in [1.165, 1.54) is 22.2 Å². The minimum absolute atomic E-state index is 0.134. The molecule has 2 unspecified atom stereocenters. The third-order valence-electron chi connectivity index (χ3n) is 3.49. The summed E-state index contributed by atoms with van der Waals surface area (Å²) >= 11 is 1.47. The lowest BCUT2D eigenvalue weighted by atomic mass is 10.1. The van der Waals surface area contributed by atoms with Crippen molar-refractivity contribution in [2.45, 2.75) is 38.1 Å². The largest absolute Gasteiger partial charge is 0.480 e. The molecule has 1 aliphatic rings. The predicted molar refractivity (Wildman–Crippen MR) is 84.6 cm³/mol. The third-order valence-corrected chi connectivity index (χ3v) is 4.70. The molecule has 0 bridgehead atoms. The van der Waals surface area contributed by atoms with Crippen LogP contribution >= 0.6 is 11.8 Å². The number of benzene rings is 1. The summed E-state index contributed by atoms with van der Waals surface area (Å²) in [6.07, 6.45) is 2.09. The first kappa shape index (κ1) is 15.7. The van der Waals surface area contributed by atoms with Gasteiger partial charge in [0.05, 0.1) is 5.37 Å². The lowest BCUT2D eigenvalue weighted by Crippen LogP contribution is -2.46. The lowest BCUT2D eigenvalue weighted by Gasteiger charge is -2.25. The van der Waals surface area contributed by atoms with Gasteiger partial charge in [0.2, 0.25) is 0 Å². The fourth-order valence-electron chi connectivity index (χ4n) is 2.37. The van der Waals surface area contributed by atoms with Gasteiger partial charge in [0.15, 0.2) is 0 Å². The summed E-state index contributed by atoms with van der Waals surface area (Å²) in [7, 11) is 0. The summed E-state index contributed by atoms with van der Waals surface area (Å²) in [5.74, 6) is -0.528. The highest BCUT2D eigenvalue weighted by molar-refractivity contribution is 8.00. The quantitative estimate of drug-likeness (QED) is 0.897. The number of anilines is 1. The average Bonchev–Trinajstić information content (AvgIpc) is 2.83. The van der Waals surface area contributed by atoms with E-state index in [1.54, 1.807) is 0 Å². The minimum atomic E-state index is -0.958. The summed E-state index contributed by atoms with van der Waals surface area (Å²) in [5.41, 5.74) is 1.91. The summed E-state index contributed by atoms with van der Waals surface area (Å²) in [6, 6.07) is 6.55. The SMILES string of the molecule is CCCc1ccc(NC(=O)N2C(C)SCC2C(=O)O)cc1. The monoisotopic (exact) mass is 308 g/mol. The van der Waals surface area contributed by atoms with E-state index < -0.39 is 12.0 Å². The maximum atomic E-state index is 12.3. The molecule has 1 aromatic carbocycles. The van der Waals surface area contributed by atoms with E-state index in [0.29, 0.717) is 11.4 Å². The van der Waals surface area contributed by atoms with E-state index >= 15 is 0 Å². The molecule has 0 radical (unpaired) electrons. The Morgan fingerprint density at radius 1 is 1.38 bits per heavy atom. The first-order valence-electron chi connectivity index (χ1n) is 7.05. The molecule has 1 saturated heterocycles. The van der Waals surface area contributed by atoms with E-state index in [0.717, 1.165) is 12.8 Å². The number of carbonyl (C=O) groups excluding carboxylic acids is 1. The fourth-order valence-corrected chi connectivity index (χ4v) is 3.54. The Morgan fingerprint density at radius 2 is 2.05 bits per heavy atom. The number of hydrogen-bond acceptors (Lipinski definition) is 3. The van der Waals surface area contributed by atoms with Crippen molar-refractivity contribution >= 4 is 29.4 Å². The molecule has 6 heteroatoms. The number of carboxylic acids is 1. The zero-order chi connectivity index (χ0) is 15.4. The zero-order valence-corrected chi connectivity index (χ0v) is 13.0. The number of aliphatic carboxylic acids is 1. The Balaban J connectivity index is 2.04. The molecule has 1 aromatic rings. The zero-order valence-electron chi connectivity index (χ0n) is 12.2. The number of aryl methyl sites for hydroxylation is 1. The van der Waals surface area contributed by atoms with Gasteiger partial charge in [-0.3, -0.25) is 4.90 Å². The van der Waals surface area contributed by atoms with Crippen LogP contribution < -0.4 is 5.32 Å². The molecule has 2 atom stereocenters.